The van der Waals surface area contributed by atoms with E-state index in [0.717, 1.165) is 12.8 Å². The summed E-state index contributed by atoms with van der Waals surface area (Å²) in [5, 5.41) is 0. The number of hydrogen-bond donors (Lipinski definition) is 0. The lowest BCUT2D eigenvalue weighted by Crippen LogP contribution is -2.49. The zero-order valence-corrected chi connectivity index (χ0v) is 13.8. The molecule has 1 saturated heterocycles. The van der Waals surface area contributed by atoms with Crippen LogP contribution in [0.25, 0.3) is 0 Å². The minimum atomic E-state index is -0.194. The third-order valence-electron chi connectivity index (χ3n) is 4.52. The largest absolute Gasteiger partial charge is 0.366 e. The number of nitrogens with zero attached hydrogens (tertiary/aromatic N) is 2. The van der Waals surface area contributed by atoms with Crippen LogP contribution in [-0.4, -0.2) is 37.0 Å². The molecular weight excluding hydrogens is 303 g/mol. The minimum absolute atomic E-state index is 0.194. The van der Waals surface area contributed by atoms with Gasteiger partial charge in [-0.25, -0.2) is 4.39 Å². The summed E-state index contributed by atoms with van der Waals surface area (Å²) in [7, 11) is 0. The van der Waals surface area contributed by atoms with Gasteiger partial charge in [0.25, 0.3) is 0 Å². The standard InChI is InChI=1S/C20H23FN2O/c21-18-10-4-5-11-19(18)22-13-15-23(16-14-22)20(24)12-6-9-17-7-2-1-3-8-17/h1-5,7-8,10-11H,6,9,12-16H2. The van der Waals surface area contributed by atoms with Crippen LogP contribution < -0.4 is 4.90 Å². The predicted molar refractivity (Wildman–Crippen MR) is 94.6 cm³/mol. The Morgan fingerprint density at radius 2 is 1.58 bits per heavy atom. The fourth-order valence-corrected chi connectivity index (χ4v) is 3.15. The summed E-state index contributed by atoms with van der Waals surface area (Å²) >= 11 is 0. The number of anilines is 1. The first-order valence-corrected chi connectivity index (χ1v) is 8.55. The first-order chi connectivity index (χ1) is 11.7. The summed E-state index contributed by atoms with van der Waals surface area (Å²) in [4.78, 5) is 16.3. The molecule has 1 heterocycles. The normalized spacial score (nSPS) is 14.7. The number of carbonyl (C=O) groups excluding carboxylic acids is 1. The predicted octanol–water partition coefficient (Wildman–Crippen LogP) is 3.50. The van der Waals surface area contributed by atoms with Crippen molar-refractivity contribution in [1.29, 1.82) is 0 Å². The molecule has 2 aromatic rings. The topological polar surface area (TPSA) is 23.6 Å². The molecule has 0 aliphatic carbocycles. The monoisotopic (exact) mass is 326 g/mol. The Hall–Kier alpha value is -2.36. The maximum Gasteiger partial charge on any atom is 0.222 e. The van der Waals surface area contributed by atoms with Gasteiger partial charge in [0.1, 0.15) is 5.82 Å². The highest BCUT2D eigenvalue weighted by molar-refractivity contribution is 5.76. The van der Waals surface area contributed by atoms with Gasteiger partial charge in [-0.1, -0.05) is 42.5 Å². The molecule has 0 unspecified atom stereocenters. The quantitative estimate of drug-likeness (QED) is 0.839. The van der Waals surface area contributed by atoms with Gasteiger partial charge in [0.15, 0.2) is 0 Å². The maximum absolute atomic E-state index is 13.8. The van der Waals surface area contributed by atoms with E-state index in [0.29, 0.717) is 38.3 Å². The van der Waals surface area contributed by atoms with E-state index in [1.54, 1.807) is 12.1 Å². The van der Waals surface area contributed by atoms with Crippen LogP contribution >= 0.6 is 0 Å². The van der Waals surface area contributed by atoms with E-state index < -0.39 is 0 Å². The molecule has 1 amide bonds. The smallest absolute Gasteiger partial charge is 0.222 e. The first kappa shape index (κ1) is 16.5. The second-order valence-electron chi connectivity index (χ2n) is 6.16. The van der Waals surface area contributed by atoms with E-state index in [1.165, 1.54) is 11.6 Å². The van der Waals surface area contributed by atoms with Crippen LogP contribution in [-0.2, 0) is 11.2 Å². The van der Waals surface area contributed by atoms with Gasteiger partial charge in [0.2, 0.25) is 5.91 Å². The lowest BCUT2D eigenvalue weighted by Gasteiger charge is -2.36. The number of benzene rings is 2. The van der Waals surface area contributed by atoms with Crippen molar-refractivity contribution in [3.8, 4) is 0 Å². The fourth-order valence-electron chi connectivity index (χ4n) is 3.15. The van der Waals surface area contributed by atoms with Crippen LogP contribution in [0.4, 0.5) is 10.1 Å². The third-order valence-corrected chi connectivity index (χ3v) is 4.52. The molecule has 3 nitrogen and oxygen atoms in total. The number of rotatable bonds is 5. The third kappa shape index (κ3) is 4.13. The summed E-state index contributed by atoms with van der Waals surface area (Å²) in [5.41, 5.74) is 1.91. The van der Waals surface area contributed by atoms with E-state index in [2.05, 4.69) is 12.1 Å². The number of aryl methyl sites for hydroxylation is 1. The molecule has 0 spiro atoms. The molecule has 3 rings (SSSR count). The highest BCUT2D eigenvalue weighted by Crippen LogP contribution is 2.20. The Balaban J connectivity index is 1.44. The lowest BCUT2D eigenvalue weighted by molar-refractivity contribution is -0.131. The van der Waals surface area contributed by atoms with Gasteiger partial charge in [-0.2, -0.15) is 0 Å². The van der Waals surface area contributed by atoms with Crippen LogP contribution in [0.15, 0.2) is 54.6 Å². The molecule has 0 atom stereocenters. The van der Waals surface area contributed by atoms with Gasteiger partial charge < -0.3 is 9.80 Å². The molecule has 126 valence electrons. The number of halogens is 1. The second kappa shape index (κ2) is 7.95. The molecule has 0 radical (unpaired) electrons. The Labute approximate surface area is 142 Å². The van der Waals surface area contributed by atoms with Gasteiger partial charge in [-0.3, -0.25) is 4.79 Å². The highest BCUT2D eigenvalue weighted by Gasteiger charge is 2.22. The lowest BCUT2D eigenvalue weighted by atomic mass is 10.1. The summed E-state index contributed by atoms with van der Waals surface area (Å²) in [6, 6.07) is 17.1. The molecule has 1 aliphatic rings. The van der Waals surface area contributed by atoms with Gasteiger partial charge in [-0.05, 0) is 30.5 Å². The average molecular weight is 326 g/mol. The number of amides is 1. The fraction of sp³-hybridized carbons (Fsp3) is 0.350. The zero-order chi connectivity index (χ0) is 16.8. The SMILES string of the molecule is O=C(CCCc1ccccc1)N1CCN(c2ccccc2F)CC1. The number of piperazine rings is 1. The van der Waals surface area contributed by atoms with E-state index in [1.807, 2.05) is 34.1 Å². The zero-order valence-electron chi connectivity index (χ0n) is 13.8. The van der Waals surface area contributed by atoms with Crippen LogP contribution in [0.1, 0.15) is 18.4 Å². The van der Waals surface area contributed by atoms with Crippen molar-refractivity contribution in [2.75, 3.05) is 31.1 Å². The van der Waals surface area contributed by atoms with Crippen molar-refractivity contribution in [2.45, 2.75) is 19.3 Å². The van der Waals surface area contributed by atoms with Crippen molar-refractivity contribution in [1.82, 2.24) is 4.90 Å². The maximum atomic E-state index is 13.8. The molecule has 0 bridgehead atoms. The average Bonchev–Trinajstić information content (AvgIpc) is 2.63. The van der Waals surface area contributed by atoms with Crippen molar-refractivity contribution < 1.29 is 9.18 Å². The van der Waals surface area contributed by atoms with Gasteiger partial charge >= 0.3 is 0 Å². The molecular formula is C20H23FN2O. The van der Waals surface area contributed by atoms with E-state index >= 15 is 0 Å². The van der Waals surface area contributed by atoms with Crippen molar-refractivity contribution in [3.63, 3.8) is 0 Å². The highest BCUT2D eigenvalue weighted by atomic mass is 19.1. The molecule has 0 N–H and O–H groups in total. The molecule has 0 aromatic heterocycles. The molecule has 0 saturated carbocycles. The van der Waals surface area contributed by atoms with Gasteiger partial charge in [0.05, 0.1) is 5.69 Å². The van der Waals surface area contributed by atoms with Crippen LogP contribution in [0, 0.1) is 5.82 Å². The number of carbonyl (C=O) groups is 1. The summed E-state index contributed by atoms with van der Waals surface area (Å²) in [5.74, 6) is 0.0132. The summed E-state index contributed by atoms with van der Waals surface area (Å²) in [6.07, 6.45) is 2.38. The minimum Gasteiger partial charge on any atom is -0.366 e. The van der Waals surface area contributed by atoms with Crippen molar-refractivity contribution in [3.05, 3.63) is 66.0 Å². The summed E-state index contributed by atoms with van der Waals surface area (Å²) < 4.78 is 13.8. The number of hydrogen-bond acceptors (Lipinski definition) is 2. The Bertz CT molecular complexity index is 666. The van der Waals surface area contributed by atoms with Crippen molar-refractivity contribution >= 4 is 11.6 Å². The van der Waals surface area contributed by atoms with Gasteiger partial charge in [0, 0.05) is 32.6 Å². The molecule has 1 fully saturated rings. The van der Waals surface area contributed by atoms with Crippen LogP contribution in [0.3, 0.4) is 0 Å². The Morgan fingerprint density at radius 3 is 2.29 bits per heavy atom. The molecule has 2 aromatic carbocycles. The van der Waals surface area contributed by atoms with E-state index in [9.17, 15) is 9.18 Å². The number of para-hydroxylation sites is 1. The molecule has 4 heteroatoms. The van der Waals surface area contributed by atoms with Gasteiger partial charge in [-0.15, -0.1) is 0 Å². The first-order valence-electron chi connectivity index (χ1n) is 8.55. The Kier molecular flexibility index (Phi) is 5.47. The second-order valence-corrected chi connectivity index (χ2v) is 6.16. The molecule has 1 aliphatic heterocycles. The summed E-state index contributed by atoms with van der Waals surface area (Å²) in [6.45, 7) is 2.70. The van der Waals surface area contributed by atoms with Crippen LogP contribution in [0.2, 0.25) is 0 Å². The van der Waals surface area contributed by atoms with Crippen LogP contribution in [0.5, 0.6) is 0 Å². The van der Waals surface area contributed by atoms with E-state index in [-0.39, 0.29) is 11.7 Å². The Morgan fingerprint density at radius 1 is 0.917 bits per heavy atom. The molecule has 24 heavy (non-hydrogen) atoms. The van der Waals surface area contributed by atoms with Crippen molar-refractivity contribution in [2.24, 2.45) is 0 Å². The van der Waals surface area contributed by atoms with E-state index in [4.69, 9.17) is 0 Å².